The van der Waals surface area contributed by atoms with Crippen molar-refractivity contribution in [1.82, 2.24) is 0 Å². The number of nitrogens with one attached hydrogen (secondary N) is 1. The minimum atomic E-state index is -0.223. The first-order chi connectivity index (χ1) is 6.65. The third-order valence-electron chi connectivity index (χ3n) is 2.46. The number of anilines is 1. The largest absolute Gasteiger partial charge is 0.381 e. The lowest BCUT2D eigenvalue weighted by Crippen LogP contribution is -2.44. The number of halogens is 2. The van der Waals surface area contributed by atoms with Gasteiger partial charge in [0, 0.05) is 16.6 Å². The zero-order valence-corrected chi connectivity index (χ0v) is 9.22. The summed E-state index contributed by atoms with van der Waals surface area (Å²) < 4.78 is 13.8. The van der Waals surface area contributed by atoms with Crippen molar-refractivity contribution in [3.63, 3.8) is 0 Å². The summed E-state index contributed by atoms with van der Waals surface area (Å²) in [5.74, 6) is -0.223. The van der Waals surface area contributed by atoms with Crippen molar-refractivity contribution in [3.8, 4) is 0 Å². The Hall–Kier alpha value is -0.610. The lowest BCUT2D eigenvalue weighted by atomic mass is 9.87. The van der Waals surface area contributed by atoms with Crippen LogP contribution >= 0.6 is 15.9 Å². The molecule has 1 saturated carbocycles. The van der Waals surface area contributed by atoms with Gasteiger partial charge in [0.15, 0.2) is 0 Å². The van der Waals surface area contributed by atoms with Crippen LogP contribution in [-0.4, -0.2) is 12.1 Å². The molecule has 1 fully saturated rings. The first-order valence-electron chi connectivity index (χ1n) is 4.62. The van der Waals surface area contributed by atoms with Crippen LogP contribution in [0, 0.1) is 5.82 Å². The van der Waals surface area contributed by atoms with Crippen LogP contribution in [0.15, 0.2) is 22.7 Å². The molecule has 3 N–H and O–H groups in total. The molecule has 76 valence electrons. The molecule has 1 aliphatic carbocycles. The van der Waals surface area contributed by atoms with Gasteiger partial charge >= 0.3 is 0 Å². The third-order valence-corrected chi connectivity index (χ3v) is 3.15. The molecule has 0 spiro atoms. The molecular weight excluding hydrogens is 247 g/mol. The van der Waals surface area contributed by atoms with E-state index in [1.54, 1.807) is 6.07 Å². The summed E-state index contributed by atoms with van der Waals surface area (Å²) in [7, 11) is 0. The normalized spacial score (nSPS) is 25.6. The Balaban J connectivity index is 2.05. The molecule has 1 aliphatic rings. The van der Waals surface area contributed by atoms with Gasteiger partial charge in [0.1, 0.15) is 5.82 Å². The van der Waals surface area contributed by atoms with E-state index in [4.69, 9.17) is 5.73 Å². The highest BCUT2D eigenvalue weighted by Crippen LogP contribution is 2.28. The van der Waals surface area contributed by atoms with E-state index < -0.39 is 0 Å². The van der Waals surface area contributed by atoms with Crippen LogP contribution in [0.3, 0.4) is 0 Å². The van der Waals surface area contributed by atoms with Crippen molar-refractivity contribution < 1.29 is 4.39 Å². The summed E-state index contributed by atoms with van der Waals surface area (Å²) >= 11 is 3.37. The van der Waals surface area contributed by atoms with E-state index in [-0.39, 0.29) is 5.82 Å². The summed E-state index contributed by atoms with van der Waals surface area (Å²) in [4.78, 5) is 0. The molecule has 0 saturated heterocycles. The number of hydrogen-bond acceptors (Lipinski definition) is 2. The zero-order chi connectivity index (χ0) is 10.1. The first kappa shape index (κ1) is 9.93. The van der Waals surface area contributed by atoms with E-state index in [0.29, 0.717) is 12.1 Å². The molecule has 0 heterocycles. The average molecular weight is 259 g/mol. The second-order valence-corrected chi connectivity index (χ2v) is 4.55. The van der Waals surface area contributed by atoms with Crippen LogP contribution in [0.5, 0.6) is 0 Å². The van der Waals surface area contributed by atoms with Crippen LogP contribution in [0.2, 0.25) is 0 Å². The second kappa shape index (κ2) is 3.87. The molecule has 0 amide bonds. The van der Waals surface area contributed by atoms with E-state index in [1.807, 2.05) is 0 Å². The van der Waals surface area contributed by atoms with E-state index in [0.717, 1.165) is 23.0 Å². The summed E-state index contributed by atoms with van der Waals surface area (Å²) in [6.07, 6.45) is 1.92. The molecule has 2 nitrogen and oxygen atoms in total. The second-order valence-electron chi connectivity index (χ2n) is 3.70. The Labute approximate surface area is 90.8 Å². The maximum absolute atomic E-state index is 12.9. The SMILES string of the molecule is NC1CC(Nc2cc(F)ccc2Br)C1. The minimum Gasteiger partial charge on any atom is -0.381 e. The van der Waals surface area contributed by atoms with Gasteiger partial charge < -0.3 is 11.1 Å². The van der Waals surface area contributed by atoms with Crippen molar-refractivity contribution >= 4 is 21.6 Å². The Kier molecular flexibility index (Phi) is 2.74. The van der Waals surface area contributed by atoms with Crippen LogP contribution < -0.4 is 11.1 Å². The molecule has 4 heteroatoms. The lowest BCUT2D eigenvalue weighted by Gasteiger charge is -2.34. The van der Waals surface area contributed by atoms with Gasteiger partial charge in [-0.1, -0.05) is 0 Å². The van der Waals surface area contributed by atoms with E-state index >= 15 is 0 Å². The Morgan fingerprint density at radius 3 is 2.79 bits per heavy atom. The van der Waals surface area contributed by atoms with Gasteiger partial charge in [-0.2, -0.15) is 0 Å². The highest BCUT2D eigenvalue weighted by molar-refractivity contribution is 9.10. The fraction of sp³-hybridized carbons (Fsp3) is 0.400. The van der Waals surface area contributed by atoms with Gasteiger partial charge in [-0.05, 0) is 47.0 Å². The monoisotopic (exact) mass is 258 g/mol. The maximum atomic E-state index is 12.9. The predicted octanol–water partition coefficient (Wildman–Crippen LogP) is 2.49. The standard InChI is InChI=1S/C10H12BrFN2/c11-9-2-1-6(12)3-10(9)14-8-4-7(13)5-8/h1-3,7-8,14H,4-5,13H2. The van der Waals surface area contributed by atoms with Crippen molar-refractivity contribution in [2.75, 3.05) is 5.32 Å². The van der Waals surface area contributed by atoms with Gasteiger partial charge in [0.05, 0.1) is 5.69 Å². The average Bonchev–Trinajstić information content (AvgIpc) is 2.09. The molecule has 1 aromatic carbocycles. The number of nitrogens with two attached hydrogens (primary N) is 1. The topological polar surface area (TPSA) is 38.0 Å². The molecule has 0 bridgehead atoms. The molecule has 1 aromatic rings. The fourth-order valence-electron chi connectivity index (χ4n) is 1.61. The van der Waals surface area contributed by atoms with Crippen LogP contribution in [-0.2, 0) is 0 Å². The number of rotatable bonds is 2. The smallest absolute Gasteiger partial charge is 0.125 e. The Morgan fingerprint density at radius 2 is 2.14 bits per heavy atom. The Morgan fingerprint density at radius 1 is 1.43 bits per heavy atom. The molecule has 0 unspecified atom stereocenters. The van der Waals surface area contributed by atoms with Crippen molar-refractivity contribution in [2.24, 2.45) is 5.73 Å². The first-order valence-corrected chi connectivity index (χ1v) is 5.41. The summed E-state index contributed by atoms with van der Waals surface area (Å²) in [5.41, 5.74) is 6.47. The Bertz CT molecular complexity index is 337. The van der Waals surface area contributed by atoms with Crippen LogP contribution in [0.4, 0.5) is 10.1 Å². The molecule has 14 heavy (non-hydrogen) atoms. The van der Waals surface area contributed by atoms with Gasteiger partial charge in [-0.25, -0.2) is 4.39 Å². The van der Waals surface area contributed by atoms with Crippen LogP contribution in [0.25, 0.3) is 0 Å². The minimum absolute atomic E-state index is 0.223. The molecular formula is C10H12BrFN2. The maximum Gasteiger partial charge on any atom is 0.125 e. The predicted molar refractivity (Wildman–Crippen MR) is 58.7 cm³/mol. The van der Waals surface area contributed by atoms with E-state index in [9.17, 15) is 4.39 Å². The van der Waals surface area contributed by atoms with Gasteiger partial charge in [0.2, 0.25) is 0 Å². The zero-order valence-electron chi connectivity index (χ0n) is 7.63. The molecule has 2 rings (SSSR count). The quantitative estimate of drug-likeness (QED) is 0.856. The summed E-state index contributed by atoms with van der Waals surface area (Å²) in [5, 5.41) is 3.25. The summed E-state index contributed by atoms with van der Waals surface area (Å²) in [6.45, 7) is 0. The molecule has 0 aliphatic heterocycles. The molecule has 0 atom stereocenters. The number of hydrogen-bond donors (Lipinski definition) is 2. The molecule has 0 aromatic heterocycles. The van der Waals surface area contributed by atoms with Crippen molar-refractivity contribution in [3.05, 3.63) is 28.5 Å². The molecule has 0 radical (unpaired) electrons. The van der Waals surface area contributed by atoms with Gasteiger partial charge in [-0.15, -0.1) is 0 Å². The summed E-state index contributed by atoms with van der Waals surface area (Å²) in [6, 6.07) is 5.33. The lowest BCUT2D eigenvalue weighted by molar-refractivity contribution is 0.373. The van der Waals surface area contributed by atoms with Crippen molar-refractivity contribution in [2.45, 2.75) is 24.9 Å². The van der Waals surface area contributed by atoms with E-state index in [2.05, 4.69) is 21.2 Å². The van der Waals surface area contributed by atoms with Crippen molar-refractivity contribution in [1.29, 1.82) is 0 Å². The van der Waals surface area contributed by atoms with Gasteiger partial charge in [0.25, 0.3) is 0 Å². The highest BCUT2D eigenvalue weighted by Gasteiger charge is 2.25. The fourth-order valence-corrected chi connectivity index (χ4v) is 1.97. The van der Waals surface area contributed by atoms with Crippen LogP contribution in [0.1, 0.15) is 12.8 Å². The third kappa shape index (κ3) is 2.07. The highest BCUT2D eigenvalue weighted by atomic mass is 79.9. The van der Waals surface area contributed by atoms with Gasteiger partial charge in [-0.3, -0.25) is 0 Å². The number of benzene rings is 1. The van der Waals surface area contributed by atoms with E-state index in [1.165, 1.54) is 12.1 Å².